The number of benzene rings is 1. The smallest absolute Gasteiger partial charge is 0.186 e. The first-order chi connectivity index (χ1) is 14.3. The average Bonchev–Trinajstić information content (AvgIpc) is 3.47. The van der Waals surface area contributed by atoms with Crippen LogP contribution in [0.15, 0.2) is 35.7 Å². The van der Waals surface area contributed by atoms with E-state index in [1.165, 1.54) is 0 Å². The van der Waals surface area contributed by atoms with Crippen molar-refractivity contribution in [1.29, 1.82) is 0 Å². The van der Waals surface area contributed by atoms with Crippen molar-refractivity contribution in [2.75, 3.05) is 25.1 Å². The number of carbonyl (C=O) groups is 1. The van der Waals surface area contributed by atoms with E-state index in [0.717, 1.165) is 36.1 Å². The van der Waals surface area contributed by atoms with Gasteiger partial charge in [0.05, 0.1) is 18.3 Å². The van der Waals surface area contributed by atoms with Crippen LogP contribution in [0.25, 0.3) is 0 Å². The molecule has 1 aromatic rings. The zero-order valence-corrected chi connectivity index (χ0v) is 18.8. The van der Waals surface area contributed by atoms with Crippen LogP contribution in [0, 0.1) is 12.3 Å². The number of aryl methyl sites for hydroxylation is 1. The normalized spacial score (nSPS) is 21.4. The Hall–Kier alpha value is -1.90. The lowest BCUT2D eigenvalue weighted by Crippen LogP contribution is -2.45. The summed E-state index contributed by atoms with van der Waals surface area (Å²) in [6.07, 6.45) is 4.09. The molecule has 7 nitrogen and oxygen atoms in total. The third kappa shape index (κ3) is 6.06. The summed E-state index contributed by atoms with van der Waals surface area (Å²) < 4.78 is 28.6. The van der Waals surface area contributed by atoms with Crippen molar-refractivity contribution in [2.24, 2.45) is 5.41 Å². The van der Waals surface area contributed by atoms with Crippen LogP contribution in [0.4, 0.5) is 5.69 Å². The van der Waals surface area contributed by atoms with Crippen LogP contribution in [0.5, 0.6) is 0 Å². The lowest BCUT2D eigenvalue weighted by atomic mass is 10.1. The minimum Gasteiger partial charge on any atom is -0.772 e. The zero-order chi connectivity index (χ0) is 21.7. The van der Waals surface area contributed by atoms with E-state index in [4.69, 9.17) is 4.74 Å². The molecule has 0 radical (unpaired) electrons. The summed E-state index contributed by atoms with van der Waals surface area (Å²) in [7, 11) is 0. The standard InChI is InChI=1S/C22H33N3O4S/c1-16-5-4-6-18(13-16)24-23-17(2)21(20(14-26)29-15-22(3)9-10-22)25-11-7-19(8-12-25)30(27)28/h4-6,13-14,17,19,23-24H,7-12,15H2,1-3H3,(H,27,28)/p-1. The highest BCUT2D eigenvalue weighted by Gasteiger charge is 2.39. The maximum atomic E-state index is 12.0. The fourth-order valence-corrected chi connectivity index (χ4v) is 4.29. The predicted octanol–water partition coefficient (Wildman–Crippen LogP) is 2.87. The van der Waals surface area contributed by atoms with Crippen LogP contribution >= 0.6 is 0 Å². The third-order valence-corrected chi connectivity index (χ3v) is 6.97. The van der Waals surface area contributed by atoms with E-state index < -0.39 is 11.1 Å². The van der Waals surface area contributed by atoms with E-state index in [2.05, 4.69) is 22.7 Å². The molecule has 2 atom stereocenters. The van der Waals surface area contributed by atoms with E-state index in [-0.39, 0.29) is 16.7 Å². The van der Waals surface area contributed by atoms with Crippen LogP contribution < -0.4 is 10.9 Å². The number of nitrogens with one attached hydrogen (secondary N) is 2. The number of aldehydes is 1. The maximum absolute atomic E-state index is 12.0. The van der Waals surface area contributed by atoms with Gasteiger partial charge in [0.2, 0.25) is 0 Å². The van der Waals surface area contributed by atoms with E-state index >= 15 is 0 Å². The minimum atomic E-state index is -2.06. The number of rotatable bonds is 10. The van der Waals surface area contributed by atoms with Crippen molar-refractivity contribution in [1.82, 2.24) is 10.3 Å². The first kappa shape index (κ1) is 22.8. The van der Waals surface area contributed by atoms with Crippen LogP contribution in [0.1, 0.15) is 45.1 Å². The largest absolute Gasteiger partial charge is 0.772 e. The number of ether oxygens (including phenoxy) is 1. The van der Waals surface area contributed by atoms with Crippen LogP contribution in [-0.2, 0) is 20.6 Å². The maximum Gasteiger partial charge on any atom is 0.186 e. The SMILES string of the molecule is Cc1cccc(NNC(C)C(=C(C=O)OCC2(C)CC2)N2CCC(S(=O)[O-])CC2)c1. The van der Waals surface area contributed by atoms with E-state index in [1.807, 2.05) is 38.1 Å². The van der Waals surface area contributed by atoms with Gasteiger partial charge in [-0.05, 0) is 57.2 Å². The van der Waals surface area contributed by atoms with Gasteiger partial charge in [0.1, 0.15) is 0 Å². The molecule has 2 aliphatic rings. The summed E-state index contributed by atoms with van der Waals surface area (Å²) in [5.41, 5.74) is 9.49. The number of likely N-dealkylation sites (tertiary alicyclic amines) is 1. The molecule has 30 heavy (non-hydrogen) atoms. The van der Waals surface area contributed by atoms with Gasteiger partial charge in [0, 0.05) is 29.4 Å². The molecule has 2 unspecified atom stereocenters. The Bertz CT molecular complexity index is 801. The van der Waals surface area contributed by atoms with Gasteiger partial charge in [-0.1, -0.05) is 30.1 Å². The van der Waals surface area contributed by atoms with Gasteiger partial charge in [-0.25, -0.2) is 5.43 Å². The second-order valence-corrected chi connectivity index (χ2v) is 9.96. The Labute approximate surface area is 181 Å². The number of hydrogen-bond acceptors (Lipinski definition) is 7. The Morgan fingerprint density at radius 3 is 2.67 bits per heavy atom. The van der Waals surface area contributed by atoms with Gasteiger partial charge in [0.15, 0.2) is 12.0 Å². The fourth-order valence-electron chi connectivity index (χ4n) is 3.69. The summed E-state index contributed by atoms with van der Waals surface area (Å²) >= 11 is -2.06. The average molecular weight is 435 g/mol. The summed E-state index contributed by atoms with van der Waals surface area (Å²) in [4.78, 5) is 14.0. The van der Waals surface area contributed by atoms with E-state index in [1.54, 1.807) is 0 Å². The molecule has 166 valence electrons. The number of hydrogen-bond donors (Lipinski definition) is 2. The fraction of sp³-hybridized carbons (Fsp3) is 0.591. The Balaban J connectivity index is 1.75. The van der Waals surface area contributed by atoms with Gasteiger partial charge in [-0.15, -0.1) is 0 Å². The molecule has 1 saturated heterocycles. The van der Waals surface area contributed by atoms with Crippen LogP contribution in [-0.4, -0.2) is 50.9 Å². The summed E-state index contributed by atoms with van der Waals surface area (Å²) in [6, 6.07) is 7.79. The Kier molecular flexibility index (Phi) is 7.55. The molecule has 8 heteroatoms. The van der Waals surface area contributed by atoms with E-state index in [0.29, 0.717) is 38.3 Å². The predicted molar refractivity (Wildman–Crippen MR) is 117 cm³/mol. The first-order valence-corrected chi connectivity index (χ1v) is 11.7. The van der Waals surface area contributed by atoms with Gasteiger partial charge in [-0.3, -0.25) is 9.00 Å². The second kappa shape index (κ2) is 9.94. The van der Waals surface area contributed by atoms with Gasteiger partial charge >= 0.3 is 0 Å². The molecule has 1 aromatic carbocycles. The second-order valence-electron chi connectivity index (χ2n) is 8.77. The molecule has 3 rings (SSSR count). The molecule has 2 fully saturated rings. The third-order valence-electron chi connectivity index (χ3n) is 5.96. The number of piperidine rings is 1. The highest BCUT2D eigenvalue weighted by atomic mass is 32.2. The lowest BCUT2D eigenvalue weighted by molar-refractivity contribution is -0.108. The van der Waals surface area contributed by atoms with Gasteiger partial charge < -0.3 is 19.6 Å². The molecule has 1 saturated carbocycles. The molecule has 1 heterocycles. The quantitative estimate of drug-likeness (QED) is 0.192. The number of allylic oxidation sites excluding steroid dienone is 1. The zero-order valence-electron chi connectivity index (χ0n) is 18.0. The lowest BCUT2D eigenvalue weighted by Gasteiger charge is -2.38. The summed E-state index contributed by atoms with van der Waals surface area (Å²) in [5, 5.41) is -0.331. The molecule has 0 amide bonds. The molecular weight excluding hydrogens is 402 g/mol. The van der Waals surface area contributed by atoms with Crippen LogP contribution in [0.2, 0.25) is 0 Å². The molecule has 1 aliphatic heterocycles. The Morgan fingerprint density at radius 2 is 2.10 bits per heavy atom. The Morgan fingerprint density at radius 1 is 1.40 bits per heavy atom. The number of nitrogens with zero attached hydrogens (tertiary/aromatic N) is 1. The summed E-state index contributed by atoms with van der Waals surface area (Å²) in [6.45, 7) is 7.82. The van der Waals surface area contributed by atoms with Crippen LogP contribution in [0.3, 0.4) is 0 Å². The number of carbonyl (C=O) groups excluding carboxylic acids is 1. The number of anilines is 1. The molecule has 0 bridgehead atoms. The van der Waals surface area contributed by atoms with Crippen molar-refractivity contribution >= 4 is 23.1 Å². The molecule has 0 spiro atoms. The van der Waals surface area contributed by atoms with Gasteiger partial charge in [0.25, 0.3) is 0 Å². The highest BCUT2D eigenvalue weighted by molar-refractivity contribution is 7.79. The molecule has 0 aromatic heterocycles. The van der Waals surface area contributed by atoms with Gasteiger partial charge in [-0.2, -0.15) is 0 Å². The molecule has 2 N–H and O–H groups in total. The molecular formula is C22H32N3O4S-. The molecule has 1 aliphatic carbocycles. The monoisotopic (exact) mass is 434 g/mol. The van der Waals surface area contributed by atoms with Crippen molar-refractivity contribution in [2.45, 2.75) is 57.7 Å². The van der Waals surface area contributed by atoms with E-state index in [9.17, 15) is 13.6 Å². The highest BCUT2D eigenvalue weighted by Crippen LogP contribution is 2.45. The van der Waals surface area contributed by atoms with Crippen molar-refractivity contribution in [3.05, 3.63) is 41.3 Å². The summed E-state index contributed by atoms with van der Waals surface area (Å²) in [5.74, 6) is 0.330. The topological polar surface area (TPSA) is 93.7 Å². The van der Waals surface area contributed by atoms with Crippen molar-refractivity contribution in [3.8, 4) is 0 Å². The van der Waals surface area contributed by atoms with Crippen molar-refractivity contribution < 1.29 is 18.3 Å². The first-order valence-electron chi connectivity index (χ1n) is 10.5. The minimum absolute atomic E-state index is 0.155. The van der Waals surface area contributed by atoms with Crippen molar-refractivity contribution in [3.63, 3.8) is 0 Å². The number of hydrazine groups is 1.